The Bertz CT molecular complexity index is 1800. The van der Waals surface area contributed by atoms with E-state index < -0.39 is 60.8 Å². The molecule has 446 valence electrons. The molecule has 1 aliphatic carbocycles. The molecule has 4 aliphatic rings. The highest BCUT2D eigenvalue weighted by atomic mass is 28.4. The standard InChI is InChI=1S/C62H116N2O10Si3/c1-18-54(73-76(23-6,24-7)25-8)50(14)59-55(68-59)47-61(16,74-77(26-9,27-10)28-11)40-33-34-48(12)58-49(13)37-38-56(69-60(66)64-44-42-63(43-45-64)52-35-31-29-30-32-36-52)62(17,71-51(15)67-19-2)41-39-53(46-57(65)70-58)72-75(20-3,21-4)22-5/h33-34,37-38,40,49-56,58-59H,18-32,35-36,39,41-47H2,1-17H3. The molecule has 11 atom stereocenters. The Morgan fingerprint density at radius 3 is 1.95 bits per heavy atom. The summed E-state index contributed by atoms with van der Waals surface area (Å²) >= 11 is 0. The largest absolute Gasteiger partial charge is 0.457 e. The minimum Gasteiger partial charge on any atom is -0.457 e. The first-order valence-corrected chi connectivity index (χ1v) is 39.2. The number of ether oxygens (including phenoxy) is 5. The fourth-order valence-electron chi connectivity index (χ4n) is 13.1. The molecule has 0 aromatic rings. The van der Waals surface area contributed by atoms with Gasteiger partial charge in [0.1, 0.15) is 11.7 Å². The quantitative estimate of drug-likeness (QED) is 0.0135. The molecule has 11 unspecified atom stereocenters. The van der Waals surface area contributed by atoms with Crippen molar-refractivity contribution in [3.05, 3.63) is 36.0 Å². The third-order valence-electron chi connectivity index (χ3n) is 19.3. The predicted molar refractivity (Wildman–Crippen MR) is 324 cm³/mol. The van der Waals surface area contributed by atoms with Crippen molar-refractivity contribution in [1.82, 2.24) is 9.80 Å². The predicted octanol–water partition coefficient (Wildman–Crippen LogP) is 15.5. The molecule has 2 saturated heterocycles. The molecule has 1 saturated carbocycles. The Kier molecular flexibility index (Phi) is 28.4. The van der Waals surface area contributed by atoms with Crippen LogP contribution in [0, 0.1) is 11.8 Å². The molecule has 1 amide bonds. The molecule has 77 heavy (non-hydrogen) atoms. The van der Waals surface area contributed by atoms with Crippen LogP contribution < -0.4 is 0 Å². The molecule has 0 aromatic heterocycles. The minimum atomic E-state index is -2.18. The van der Waals surface area contributed by atoms with Crippen LogP contribution in [0.2, 0.25) is 54.4 Å². The van der Waals surface area contributed by atoms with Gasteiger partial charge in [0.25, 0.3) is 0 Å². The van der Waals surface area contributed by atoms with Gasteiger partial charge >= 0.3 is 12.1 Å². The van der Waals surface area contributed by atoms with Crippen molar-refractivity contribution >= 4 is 37.0 Å². The number of nitrogens with zero attached hydrogens (tertiary/aromatic N) is 2. The summed E-state index contributed by atoms with van der Waals surface area (Å²) in [5, 5.41) is 0. The van der Waals surface area contributed by atoms with Gasteiger partial charge in [-0.2, -0.15) is 0 Å². The number of epoxide rings is 1. The fraction of sp³-hybridized carbons (Fsp3) is 0.871. The molecule has 0 N–H and O–H groups in total. The normalized spacial score (nSPS) is 28.2. The lowest BCUT2D eigenvalue weighted by Gasteiger charge is -2.42. The highest BCUT2D eigenvalue weighted by Crippen LogP contribution is 2.43. The van der Waals surface area contributed by atoms with E-state index in [4.69, 9.17) is 37.0 Å². The van der Waals surface area contributed by atoms with E-state index in [0.717, 1.165) is 85.9 Å². The van der Waals surface area contributed by atoms with Gasteiger partial charge in [0.2, 0.25) is 0 Å². The second kappa shape index (κ2) is 32.2. The molecule has 3 heterocycles. The van der Waals surface area contributed by atoms with Crippen LogP contribution >= 0.6 is 0 Å². The van der Waals surface area contributed by atoms with Crippen LogP contribution in [0.15, 0.2) is 36.0 Å². The third kappa shape index (κ3) is 19.5. The van der Waals surface area contributed by atoms with Crippen molar-refractivity contribution in [2.24, 2.45) is 11.8 Å². The number of cyclic esters (lactones) is 1. The summed E-state index contributed by atoms with van der Waals surface area (Å²) < 4.78 is 54.6. The van der Waals surface area contributed by atoms with Crippen LogP contribution in [-0.2, 0) is 41.8 Å². The van der Waals surface area contributed by atoms with E-state index in [-0.39, 0.29) is 48.6 Å². The fourth-order valence-corrected chi connectivity index (χ4v) is 22.1. The third-order valence-corrected chi connectivity index (χ3v) is 33.5. The monoisotopic (exact) mass is 1130 g/mol. The second-order valence-corrected chi connectivity index (χ2v) is 38.4. The highest BCUT2D eigenvalue weighted by molar-refractivity contribution is 6.74. The molecule has 3 aliphatic heterocycles. The number of allylic oxidation sites excluding steroid dienone is 2. The zero-order chi connectivity index (χ0) is 57.0. The van der Waals surface area contributed by atoms with Gasteiger partial charge < -0.3 is 41.9 Å². The first-order valence-electron chi connectivity index (χ1n) is 31.6. The zero-order valence-corrected chi connectivity index (χ0v) is 55.3. The number of esters is 1. The van der Waals surface area contributed by atoms with Gasteiger partial charge in [-0.05, 0) is 133 Å². The van der Waals surface area contributed by atoms with Crippen LogP contribution in [0.1, 0.15) is 188 Å². The number of rotatable bonds is 29. The molecule has 0 aromatic carbocycles. The maximum absolute atomic E-state index is 14.5. The average molecular weight is 1130 g/mol. The highest BCUT2D eigenvalue weighted by Gasteiger charge is 2.51. The molecule has 15 heteroatoms. The summed E-state index contributed by atoms with van der Waals surface area (Å²) in [5.74, 6) is -0.284. The van der Waals surface area contributed by atoms with Gasteiger partial charge in [0.15, 0.2) is 37.3 Å². The number of amides is 1. The molecular weight excluding hydrogens is 1020 g/mol. The second-order valence-electron chi connectivity index (χ2n) is 24.2. The van der Waals surface area contributed by atoms with Gasteiger partial charge in [0, 0.05) is 63.2 Å². The Labute approximate surface area is 474 Å². The lowest BCUT2D eigenvalue weighted by Crippen LogP contribution is -2.54. The van der Waals surface area contributed by atoms with Crippen molar-refractivity contribution in [2.75, 3.05) is 32.8 Å². The summed E-state index contributed by atoms with van der Waals surface area (Å²) in [5.41, 5.74) is -0.676. The Balaban J connectivity index is 1.72. The maximum Gasteiger partial charge on any atom is 0.410 e. The molecule has 12 nitrogen and oxygen atoms in total. The first-order chi connectivity index (χ1) is 36.7. The van der Waals surface area contributed by atoms with Crippen LogP contribution in [0.4, 0.5) is 4.79 Å². The number of carbonyl (C=O) groups excluding carboxylic acids is 2. The lowest BCUT2D eigenvalue weighted by atomic mass is 9.88. The Morgan fingerprint density at radius 2 is 1.40 bits per heavy atom. The van der Waals surface area contributed by atoms with Gasteiger partial charge in [-0.3, -0.25) is 9.69 Å². The SMILES string of the molecule is CCOC(C)OC1(C)CCC(O[Si](CC)(CC)CC)CC(=O)OC(C(C)=CC=CC(C)(CC2OC2C(C)C(CC)O[Si](CC)(CC)CC)O[Si](CC)(CC)CC)C(C)C=CC1OC(=O)N1CCN(C2CCCCCC2)CC1. The summed E-state index contributed by atoms with van der Waals surface area (Å²) in [6.45, 7) is 40.7. The number of hydrogen-bond donors (Lipinski definition) is 0. The van der Waals surface area contributed by atoms with Gasteiger partial charge in [0.05, 0.1) is 30.3 Å². The van der Waals surface area contributed by atoms with E-state index in [1.807, 2.05) is 31.7 Å². The van der Waals surface area contributed by atoms with Crippen LogP contribution in [0.3, 0.4) is 0 Å². The van der Waals surface area contributed by atoms with Crippen LogP contribution in [0.5, 0.6) is 0 Å². The minimum absolute atomic E-state index is 0.0760. The molecular formula is C62H116N2O10Si3. The summed E-state index contributed by atoms with van der Waals surface area (Å²) in [6.07, 6.45) is 18.7. The van der Waals surface area contributed by atoms with Crippen molar-refractivity contribution in [1.29, 1.82) is 0 Å². The van der Waals surface area contributed by atoms with Crippen molar-refractivity contribution in [2.45, 2.75) is 303 Å². The number of carbonyl (C=O) groups is 2. The molecule has 0 radical (unpaired) electrons. The average Bonchev–Trinajstić information content (AvgIpc) is 4.25. The van der Waals surface area contributed by atoms with Gasteiger partial charge in [-0.25, -0.2) is 4.79 Å². The molecule has 0 spiro atoms. The van der Waals surface area contributed by atoms with Crippen molar-refractivity contribution in [3.8, 4) is 0 Å². The van der Waals surface area contributed by atoms with Crippen molar-refractivity contribution < 1.29 is 46.6 Å². The Morgan fingerprint density at radius 1 is 0.818 bits per heavy atom. The van der Waals surface area contributed by atoms with Crippen LogP contribution in [0.25, 0.3) is 0 Å². The molecule has 3 fully saturated rings. The van der Waals surface area contributed by atoms with E-state index in [1.165, 1.54) is 38.5 Å². The Hall–Kier alpha value is -1.67. The summed E-state index contributed by atoms with van der Waals surface area (Å²) in [4.78, 5) is 33.4. The van der Waals surface area contributed by atoms with E-state index in [1.54, 1.807) is 0 Å². The summed E-state index contributed by atoms with van der Waals surface area (Å²) in [6, 6.07) is 9.99. The maximum atomic E-state index is 14.5. The van der Waals surface area contributed by atoms with E-state index in [0.29, 0.717) is 38.6 Å². The van der Waals surface area contributed by atoms with Crippen LogP contribution in [-0.4, -0.2) is 140 Å². The zero-order valence-electron chi connectivity index (χ0n) is 52.3. The van der Waals surface area contributed by atoms with E-state index >= 15 is 0 Å². The topological polar surface area (TPSA) is 118 Å². The molecule has 0 bridgehead atoms. The summed E-state index contributed by atoms with van der Waals surface area (Å²) in [7, 11) is -6.05. The van der Waals surface area contributed by atoms with Gasteiger partial charge in [-0.15, -0.1) is 0 Å². The van der Waals surface area contributed by atoms with E-state index in [9.17, 15) is 9.59 Å². The van der Waals surface area contributed by atoms with Gasteiger partial charge in [-0.1, -0.05) is 133 Å². The number of piperazine rings is 1. The number of hydrogen-bond acceptors (Lipinski definition) is 11. The lowest BCUT2D eigenvalue weighted by molar-refractivity contribution is -0.222. The first kappa shape index (κ1) is 67.8. The smallest absolute Gasteiger partial charge is 0.410 e. The van der Waals surface area contributed by atoms with E-state index in [2.05, 4.69) is 126 Å². The van der Waals surface area contributed by atoms with Crippen molar-refractivity contribution in [3.63, 3.8) is 0 Å². The molecule has 4 rings (SSSR count).